The molecule has 4 aliphatic carbocycles. The summed E-state index contributed by atoms with van der Waals surface area (Å²) in [5, 5.41) is 10.9. The lowest BCUT2D eigenvalue weighted by molar-refractivity contribution is -0.132. The van der Waals surface area contributed by atoms with Crippen molar-refractivity contribution in [2.24, 2.45) is 28.6 Å². The van der Waals surface area contributed by atoms with Gasteiger partial charge in [-0.25, -0.2) is 0 Å². The predicted molar refractivity (Wildman–Crippen MR) is 129 cm³/mol. The van der Waals surface area contributed by atoms with Crippen molar-refractivity contribution in [3.8, 4) is 0 Å². The Bertz CT molecular complexity index is 1070. The van der Waals surface area contributed by atoms with Gasteiger partial charge < -0.3 is 9.66 Å². The van der Waals surface area contributed by atoms with Crippen LogP contribution >= 0.6 is 0 Å². The first-order valence-corrected chi connectivity index (χ1v) is 13.7. The summed E-state index contributed by atoms with van der Waals surface area (Å²) in [6.45, 7) is 10.5. The quantitative estimate of drug-likeness (QED) is 0.462. The number of carbonyl (C=O) groups is 1. The Kier molecular flexibility index (Phi) is 5.58. The van der Waals surface area contributed by atoms with Crippen LogP contribution in [0.4, 0.5) is 0 Å². The van der Waals surface area contributed by atoms with Crippen LogP contribution in [0.2, 0.25) is 0 Å². The van der Waals surface area contributed by atoms with Gasteiger partial charge in [0.25, 0.3) is 0 Å². The first-order chi connectivity index (χ1) is 15.5. The van der Waals surface area contributed by atoms with Crippen molar-refractivity contribution >= 4 is 16.9 Å². The molecule has 8 atom stereocenters. The van der Waals surface area contributed by atoms with E-state index in [0.717, 1.165) is 47.9 Å². The Morgan fingerprint density at radius 1 is 1.12 bits per heavy atom. The van der Waals surface area contributed by atoms with Crippen LogP contribution in [0, 0.1) is 49.4 Å². The summed E-state index contributed by atoms with van der Waals surface area (Å²) in [4.78, 5) is 13.2. The van der Waals surface area contributed by atoms with E-state index in [1.54, 1.807) is 0 Å². The summed E-state index contributed by atoms with van der Waals surface area (Å²) in [6, 6.07) is 2.01. The molecule has 33 heavy (non-hydrogen) atoms. The average molecular weight is 470 g/mol. The van der Waals surface area contributed by atoms with Gasteiger partial charge in [0.15, 0.2) is 0 Å². The van der Waals surface area contributed by atoms with Gasteiger partial charge in [0.05, 0.1) is 6.10 Å². The number of fused-ring (bicyclic) bond motifs is 5. The highest BCUT2D eigenvalue weighted by atomic mass is 32.2. The first-order valence-electron chi connectivity index (χ1n) is 12.6. The normalized spacial score (nSPS) is 41.1. The largest absolute Gasteiger partial charge is 0.768 e. The van der Waals surface area contributed by atoms with E-state index in [-0.39, 0.29) is 16.7 Å². The maximum absolute atomic E-state index is 12.8. The van der Waals surface area contributed by atoms with Crippen LogP contribution in [0.3, 0.4) is 0 Å². The molecular weight excluding hydrogens is 432 g/mol. The molecule has 0 heterocycles. The number of Topliss-reactive ketones (excluding diaryl/α,β-unsaturated/α-hetero) is 1. The highest BCUT2D eigenvalue weighted by Crippen LogP contribution is 2.67. The van der Waals surface area contributed by atoms with Gasteiger partial charge in [-0.15, -0.1) is 0 Å². The highest BCUT2D eigenvalue weighted by molar-refractivity contribution is 7.79. The number of carbonyl (C=O) groups excluding carboxylic acids is 1. The van der Waals surface area contributed by atoms with E-state index in [1.165, 1.54) is 5.57 Å². The van der Waals surface area contributed by atoms with Crippen molar-refractivity contribution in [2.45, 2.75) is 96.5 Å². The Hall–Kier alpha value is -1.30. The molecule has 0 bridgehead atoms. The topological polar surface area (TPSA) is 77.4 Å². The molecule has 4 nitrogen and oxygen atoms in total. The molecular formula is C28H37O4S-. The maximum Gasteiger partial charge on any atom is 0.139 e. The fourth-order valence-corrected chi connectivity index (χ4v) is 9.58. The molecule has 1 aromatic carbocycles. The lowest BCUT2D eigenvalue weighted by Crippen LogP contribution is -2.53. The molecule has 5 heteroatoms. The van der Waals surface area contributed by atoms with Crippen LogP contribution in [-0.4, -0.2) is 25.8 Å². The number of ketones is 1. The number of aliphatic hydroxyl groups is 1. The zero-order chi connectivity index (χ0) is 23.9. The van der Waals surface area contributed by atoms with E-state index in [2.05, 4.69) is 26.8 Å². The summed E-state index contributed by atoms with van der Waals surface area (Å²) in [5.41, 5.74) is 4.93. The van der Waals surface area contributed by atoms with Crippen molar-refractivity contribution in [1.29, 1.82) is 0 Å². The number of aliphatic hydroxyl groups excluding tert-OH is 1. The number of rotatable bonds is 2. The summed E-state index contributed by atoms with van der Waals surface area (Å²) >= 11 is -2.29. The minimum atomic E-state index is -2.29. The number of hydrogen-bond acceptors (Lipinski definition) is 4. The third kappa shape index (κ3) is 3.21. The Balaban J connectivity index is 1.66. The molecule has 1 N–H and O–H groups in total. The predicted octanol–water partition coefficient (Wildman–Crippen LogP) is 5.44. The maximum atomic E-state index is 12.8. The molecule has 3 fully saturated rings. The smallest absolute Gasteiger partial charge is 0.139 e. The van der Waals surface area contributed by atoms with Gasteiger partial charge in [0.2, 0.25) is 0 Å². The lowest BCUT2D eigenvalue weighted by atomic mass is 9.44. The fourth-order valence-electron chi connectivity index (χ4n) is 8.90. The summed E-state index contributed by atoms with van der Waals surface area (Å²) < 4.78 is 24.3. The molecule has 0 amide bonds. The highest BCUT2D eigenvalue weighted by Gasteiger charge is 2.61. The van der Waals surface area contributed by atoms with E-state index < -0.39 is 17.2 Å². The van der Waals surface area contributed by atoms with Crippen LogP contribution < -0.4 is 0 Å². The van der Waals surface area contributed by atoms with Gasteiger partial charge in [0.1, 0.15) is 5.78 Å². The average Bonchev–Trinajstić information content (AvgIpc) is 3.03. The van der Waals surface area contributed by atoms with Crippen molar-refractivity contribution in [3.63, 3.8) is 0 Å². The second kappa shape index (κ2) is 7.86. The second-order valence-electron chi connectivity index (χ2n) is 11.8. The van der Waals surface area contributed by atoms with Crippen LogP contribution in [0.1, 0.15) is 87.0 Å². The van der Waals surface area contributed by atoms with Gasteiger partial charge in [0, 0.05) is 16.7 Å². The summed E-state index contributed by atoms with van der Waals surface area (Å²) in [6.07, 6.45) is 8.07. The number of benzene rings is 1. The van der Waals surface area contributed by atoms with Gasteiger partial charge in [-0.3, -0.25) is 9.00 Å². The zero-order valence-electron chi connectivity index (χ0n) is 20.6. The van der Waals surface area contributed by atoms with Gasteiger partial charge in [-0.05, 0) is 122 Å². The molecule has 2 unspecified atom stereocenters. The molecule has 4 aliphatic rings. The van der Waals surface area contributed by atoms with E-state index in [1.807, 2.05) is 19.9 Å². The van der Waals surface area contributed by atoms with E-state index in [9.17, 15) is 18.7 Å². The van der Waals surface area contributed by atoms with Gasteiger partial charge >= 0.3 is 0 Å². The van der Waals surface area contributed by atoms with Crippen LogP contribution in [0.25, 0.3) is 0 Å². The molecule has 5 rings (SSSR count). The molecule has 0 saturated heterocycles. The fraction of sp³-hybridized carbons (Fsp3) is 0.679. The van der Waals surface area contributed by atoms with E-state index >= 15 is 0 Å². The third-order valence-electron chi connectivity index (χ3n) is 10.4. The Labute approximate surface area is 200 Å². The standard InChI is InChI=1S/C28H38O4S/c1-15-12-16(2)26(33(31)32)17(3)25(15)23-14-19(29)13-18-6-7-20-21-8-9-24(30)27(21,4)11-10-22(20)28(18,23)5/h6,12,19-23,29H,7-11,13-14H2,1-5H3,(H,31,32)/p-1/t19-,20+,21+,22+,23?,27+,28+/m1/s1. The minimum Gasteiger partial charge on any atom is -0.768 e. The van der Waals surface area contributed by atoms with Gasteiger partial charge in [-0.2, -0.15) is 0 Å². The monoisotopic (exact) mass is 469 g/mol. The number of hydrogen-bond donors (Lipinski definition) is 1. The molecule has 0 aliphatic heterocycles. The van der Waals surface area contributed by atoms with Crippen LogP contribution in [-0.2, 0) is 15.9 Å². The molecule has 0 radical (unpaired) electrons. The van der Waals surface area contributed by atoms with Crippen molar-refractivity contribution in [1.82, 2.24) is 0 Å². The summed E-state index contributed by atoms with van der Waals surface area (Å²) in [7, 11) is 0. The number of aryl methyl sites for hydroxylation is 2. The second-order valence-corrected chi connectivity index (χ2v) is 12.7. The number of allylic oxidation sites excluding steroid dienone is 1. The molecule has 3 saturated carbocycles. The van der Waals surface area contributed by atoms with Crippen LogP contribution in [0.5, 0.6) is 0 Å². The molecule has 180 valence electrons. The van der Waals surface area contributed by atoms with Crippen molar-refractivity contribution in [2.75, 3.05) is 0 Å². The van der Waals surface area contributed by atoms with E-state index in [4.69, 9.17) is 0 Å². The molecule has 0 spiro atoms. The Morgan fingerprint density at radius 2 is 1.85 bits per heavy atom. The Morgan fingerprint density at radius 3 is 2.55 bits per heavy atom. The molecule has 0 aromatic heterocycles. The SMILES string of the molecule is Cc1cc(C)c(S(=O)[O-])c(C)c1C1C[C@H](O)CC2=CC[C@H]3[C@@H]4CCC(=O)[C@@]4(C)CC[C@@H]3[C@]21C. The molecule has 1 aromatic rings. The third-order valence-corrected chi connectivity index (χ3v) is 11.4. The van der Waals surface area contributed by atoms with Crippen LogP contribution in [0.15, 0.2) is 22.6 Å². The van der Waals surface area contributed by atoms with E-state index in [0.29, 0.717) is 47.7 Å². The van der Waals surface area contributed by atoms with Crippen molar-refractivity contribution in [3.05, 3.63) is 40.0 Å². The minimum absolute atomic E-state index is 0.0738. The van der Waals surface area contributed by atoms with Crippen molar-refractivity contribution < 1.29 is 18.7 Å². The first kappa shape index (κ1) is 23.4. The summed E-state index contributed by atoms with van der Waals surface area (Å²) in [5.74, 6) is 1.91. The lowest BCUT2D eigenvalue weighted by Gasteiger charge is -2.60. The van der Waals surface area contributed by atoms with Gasteiger partial charge in [-0.1, -0.05) is 31.6 Å². The zero-order valence-corrected chi connectivity index (χ0v) is 21.4.